The first-order valence-electron chi connectivity index (χ1n) is 7.55. The van der Waals surface area contributed by atoms with E-state index in [0.29, 0.717) is 10.2 Å². The Morgan fingerprint density at radius 1 is 1.25 bits per heavy atom. The van der Waals surface area contributed by atoms with Crippen molar-refractivity contribution in [2.75, 3.05) is 5.84 Å². The Kier molecular flexibility index (Phi) is 5.33. The highest BCUT2D eigenvalue weighted by atomic mass is 35.5. The summed E-state index contributed by atoms with van der Waals surface area (Å²) < 4.78 is 29.4. The summed E-state index contributed by atoms with van der Waals surface area (Å²) >= 11 is 7.29. The number of nitrogens with zero attached hydrogens (tertiary/aromatic N) is 3. The van der Waals surface area contributed by atoms with Gasteiger partial charge in [-0.3, -0.25) is 0 Å². The van der Waals surface area contributed by atoms with Crippen LogP contribution in [0.4, 0.5) is 0 Å². The number of hydrogen-bond donors (Lipinski definition) is 2. The molecule has 3 rings (SSSR count). The molecule has 0 radical (unpaired) electrons. The zero-order chi connectivity index (χ0) is 17.2. The molecule has 1 fully saturated rings. The lowest BCUT2D eigenvalue weighted by Gasteiger charge is -2.31. The number of aromatic nitrogens is 3. The van der Waals surface area contributed by atoms with E-state index >= 15 is 0 Å². The van der Waals surface area contributed by atoms with Crippen LogP contribution in [0.25, 0.3) is 0 Å². The van der Waals surface area contributed by atoms with Crippen molar-refractivity contribution in [3.05, 3.63) is 35.6 Å². The molecule has 0 saturated heterocycles. The van der Waals surface area contributed by atoms with Crippen molar-refractivity contribution < 1.29 is 8.42 Å². The largest absolute Gasteiger partial charge is 0.336 e. The summed E-state index contributed by atoms with van der Waals surface area (Å²) in [5.74, 6) is 5.76. The molecule has 2 atom stereocenters. The van der Waals surface area contributed by atoms with Crippen LogP contribution in [-0.2, 0) is 10.0 Å². The molecule has 0 aliphatic heterocycles. The summed E-state index contributed by atoms with van der Waals surface area (Å²) in [6, 6.07) is 5.97. The second-order valence-electron chi connectivity index (χ2n) is 5.64. The molecular formula is C14H18ClN5O2S2. The number of nitrogens with one attached hydrogen (secondary N) is 1. The average molecular weight is 388 g/mol. The average Bonchev–Trinajstić information content (AvgIpc) is 2.94. The van der Waals surface area contributed by atoms with Gasteiger partial charge in [-0.25, -0.2) is 17.8 Å². The molecule has 3 N–H and O–H groups in total. The minimum absolute atomic E-state index is 0.0623. The molecule has 0 bridgehead atoms. The molecule has 1 aromatic heterocycles. The number of rotatable bonds is 5. The number of halogens is 1. The van der Waals surface area contributed by atoms with Gasteiger partial charge in [-0.05, 0) is 37.1 Å². The standard InChI is InChI=1S/C14H18ClN5O2S2/c15-10-5-7-11(8-6-10)24(21,22)19-12-3-1-2-4-13(12)23-14-18-17-9-20(14)16/h5-9,12-13,19H,1-4,16H2/t12-,13-/m1/s1. The van der Waals surface area contributed by atoms with E-state index in [1.807, 2.05) is 0 Å². The first-order chi connectivity index (χ1) is 11.5. The van der Waals surface area contributed by atoms with Gasteiger partial charge in [0.15, 0.2) is 0 Å². The molecule has 10 heteroatoms. The highest BCUT2D eigenvalue weighted by molar-refractivity contribution is 7.99. The molecule has 2 aromatic rings. The van der Waals surface area contributed by atoms with Crippen molar-refractivity contribution in [3.8, 4) is 0 Å². The van der Waals surface area contributed by atoms with Gasteiger partial charge in [-0.1, -0.05) is 36.2 Å². The molecule has 7 nitrogen and oxygen atoms in total. The maximum absolute atomic E-state index is 12.6. The number of hydrogen-bond acceptors (Lipinski definition) is 6. The Hall–Kier alpha value is -1.29. The van der Waals surface area contributed by atoms with E-state index in [4.69, 9.17) is 17.4 Å². The van der Waals surface area contributed by atoms with E-state index in [9.17, 15) is 8.42 Å². The van der Waals surface area contributed by atoms with Gasteiger partial charge >= 0.3 is 0 Å². The lowest BCUT2D eigenvalue weighted by molar-refractivity contribution is 0.422. The molecular weight excluding hydrogens is 370 g/mol. The predicted molar refractivity (Wildman–Crippen MR) is 93.8 cm³/mol. The number of nitrogen functional groups attached to an aromatic ring is 1. The van der Waals surface area contributed by atoms with E-state index < -0.39 is 10.0 Å². The summed E-state index contributed by atoms with van der Waals surface area (Å²) in [5.41, 5.74) is 0. The Bertz CT molecular complexity index is 794. The van der Waals surface area contributed by atoms with Gasteiger partial charge in [0.1, 0.15) is 6.33 Å². The predicted octanol–water partition coefficient (Wildman–Crippen LogP) is 2.03. The molecule has 1 heterocycles. The molecule has 1 aliphatic carbocycles. The number of sulfonamides is 1. The highest BCUT2D eigenvalue weighted by Gasteiger charge is 2.31. The van der Waals surface area contributed by atoms with Gasteiger partial charge in [0.05, 0.1) is 4.90 Å². The quantitative estimate of drug-likeness (QED) is 0.761. The number of benzene rings is 1. The van der Waals surface area contributed by atoms with Crippen molar-refractivity contribution in [1.29, 1.82) is 0 Å². The molecule has 24 heavy (non-hydrogen) atoms. The Balaban J connectivity index is 1.75. The van der Waals surface area contributed by atoms with Crippen LogP contribution >= 0.6 is 23.4 Å². The molecule has 1 aromatic carbocycles. The van der Waals surface area contributed by atoms with Crippen molar-refractivity contribution >= 4 is 33.4 Å². The van der Waals surface area contributed by atoms with Gasteiger partial charge < -0.3 is 5.84 Å². The fraction of sp³-hybridized carbons (Fsp3) is 0.429. The van der Waals surface area contributed by atoms with Crippen LogP contribution in [-0.4, -0.2) is 34.6 Å². The van der Waals surface area contributed by atoms with Gasteiger partial charge in [0, 0.05) is 16.3 Å². The van der Waals surface area contributed by atoms with Crippen LogP contribution in [0.2, 0.25) is 5.02 Å². The zero-order valence-electron chi connectivity index (χ0n) is 12.8. The molecule has 1 aliphatic rings. The van der Waals surface area contributed by atoms with Crippen LogP contribution in [0.1, 0.15) is 25.7 Å². The Labute approximate surface area is 150 Å². The van der Waals surface area contributed by atoms with E-state index in [1.54, 1.807) is 12.1 Å². The third kappa shape index (κ3) is 4.02. The highest BCUT2D eigenvalue weighted by Crippen LogP contribution is 2.33. The SMILES string of the molecule is Nn1cnnc1S[C@@H]1CCCC[C@H]1NS(=O)(=O)c1ccc(Cl)cc1. The van der Waals surface area contributed by atoms with Gasteiger partial charge in [-0.15, -0.1) is 10.2 Å². The van der Waals surface area contributed by atoms with Crippen molar-refractivity contribution in [2.45, 2.75) is 47.0 Å². The van der Waals surface area contributed by atoms with Crippen LogP contribution in [0.15, 0.2) is 40.6 Å². The fourth-order valence-corrected chi connectivity index (χ4v) is 5.42. The summed E-state index contributed by atoms with van der Waals surface area (Å²) in [6.07, 6.45) is 5.14. The first kappa shape index (κ1) is 17.5. The summed E-state index contributed by atoms with van der Waals surface area (Å²) in [6.45, 7) is 0. The Morgan fingerprint density at radius 3 is 2.62 bits per heavy atom. The first-order valence-corrected chi connectivity index (χ1v) is 10.3. The molecule has 1 saturated carbocycles. The number of nitrogens with two attached hydrogens (primary N) is 1. The van der Waals surface area contributed by atoms with Crippen molar-refractivity contribution in [1.82, 2.24) is 19.6 Å². The minimum atomic E-state index is -3.59. The molecule has 0 amide bonds. The summed E-state index contributed by atoms with van der Waals surface area (Å²) in [5, 5.41) is 8.87. The van der Waals surface area contributed by atoms with E-state index in [2.05, 4.69) is 14.9 Å². The molecule has 130 valence electrons. The second kappa shape index (κ2) is 7.30. The zero-order valence-corrected chi connectivity index (χ0v) is 15.2. The summed E-state index contributed by atoms with van der Waals surface area (Å²) in [4.78, 5) is 0.211. The normalized spacial score (nSPS) is 21.7. The van der Waals surface area contributed by atoms with Crippen LogP contribution in [0.5, 0.6) is 0 Å². The topological polar surface area (TPSA) is 103 Å². The third-order valence-corrected chi connectivity index (χ3v) is 7.06. The van der Waals surface area contributed by atoms with Crippen LogP contribution in [0, 0.1) is 0 Å². The minimum Gasteiger partial charge on any atom is -0.336 e. The monoisotopic (exact) mass is 387 g/mol. The van der Waals surface area contributed by atoms with Gasteiger partial charge in [0.25, 0.3) is 0 Å². The maximum Gasteiger partial charge on any atom is 0.240 e. The molecule has 0 spiro atoms. The second-order valence-corrected chi connectivity index (χ2v) is 9.00. The fourth-order valence-electron chi connectivity index (χ4n) is 2.71. The Morgan fingerprint density at radius 2 is 1.96 bits per heavy atom. The maximum atomic E-state index is 12.6. The number of thioether (sulfide) groups is 1. The van der Waals surface area contributed by atoms with Gasteiger partial charge in [0.2, 0.25) is 15.2 Å². The smallest absolute Gasteiger partial charge is 0.240 e. The van der Waals surface area contributed by atoms with E-state index in [0.717, 1.165) is 25.7 Å². The van der Waals surface area contributed by atoms with Crippen LogP contribution < -0.4 is 10.6 Å². The lowest BCUT2D eigenvalue weighted by Crippen LogP contribution is -2.43. The molecule has 0 unspecified atom stereocenters. The third-order valence-electron chi connectivity index (χ3n) is 3.93. The van der Waals surface area contributed by atoms with Crippen LogP contribution in [0.3, 0.4) is 0 Å². The lowest BCUT2D eigenvalue weighted by atomic mass is 9.96. The van der Waals surface area contributed by atoms with Crippen molar-refractivity contribution in [3.63, 3.8) is 0 Å². The van der Waals surface area contributed by atoms with E-state index in [-0.39, 0.29) is 16.2 Å². The van der Waals surface area contributed by atoms with E-state index in [1.165, 1.54) is 34.9 Å². The van der Waals surface area contributed by atoms with Gasteiger partial charge in [-0.2, -0.15) is 0 Å². The van der Waals surface area contributed by atoms with Crippen molar-refractivity contribution in [2.24, 2.45) is 0 Å². The summed E-state index contributed by atoms with van der Waals surface area (Å²) in [7, 11) is -3.59.